The number of rotatable bonds is 3. The molecule has 0 atom stereocenters. The third kappa shape index (κ3) is 3.03. The summed E-state index contributed by atoms with van der Waals surface area (Å²) in [5.74, 6) is 0.959. The fourth-order valence-electron chi connectivity index (χ4n) is 2.11. The van der Waals surface area contributed by atoms with E-state index in [2.05, 4.69) is 33.9 Å². The number of amides is 1. The molecule has 6 heteroatoms. The van der Waals surface area contributed by atoms with Crippen molar-refractivity contribution in [1.82, 2.24) is 25.0 Å². The van der Waals surface area contributed by atoms with Gasteiger partial charge in [0.05, 0.1) is 0 Å². The third-order valence-corrected chi connectivity index (χ3v) is 2.90. The number of carbonyl (C=O) groups is 1. The SMILES string of the molecule is CC(C)CN1CCN(C(=O)c2ncn[nH]2)CC1. The van der Waals surface area contributed by atoms with Crippen molar-refractivity contribution in [2.24, 2.45) is 5.92 Å². The van der Waals surface area contributed by atoms with Gasteiger partial charge in [-0.05, 0) is 5.92 Å². The molecule has 1 amide bonds. The van der Waals surface area contributed by atoms with Crippen LogP contribution in [0.1, 0.15) is 24.5 Å². The number of aromatic amines is 1. The summed E-state index contributed by atoms with van der Waals surface area (Å²) in [6.45, 7) is 8.96. The van der Waals surface area contributed by atoms with Gasteiger partial charge in [0.1, 0.15) is 6.33 Å². The minimum Gasteiger partial charge on any atom is -0.333 e. The number of piperazine rings is 1. The lowest BCUT2D eigenvalue weighted by atomic mass is 10.2. The number of nitrogens with zero attached hydrogens (tertiary/aromatic N) is 4. The van der Waals surface area contributed by atoms with Crippen molar-refractivity contribution in [2.45, 2.75) is 13.8 Å². The highest BCUT2D eigenvalue weighted by Crippen LogP contribution is 2.07. The molecule has 6 nitrogen and oxygen atoms in total. The second-order valence-corrected chi connectivity index (χ2v) is 4.82. The lowest BCUT2D eigenvalue weighted by Gasteiger charge is -2.35. The molecule has 0 bridgehead atoms. The van der Waals surface area contributed by atoms with Gasteiger partial charge < -0.3 is 4.90 Å². The van der Waals surface area contributed by atoms with Gasteiger partial charge in [0, 0.05) is 32.7 Å². The third-order valence-electron chi connectivity index (χ3n) is 2.90. The first-order valence-electron chi connectivity index (χ1n) is 6.04. The summed E-state index contributed by atoms with van der Waals surface area (Å²) >= 11 is 0. The van der Waals surface area contributed by atoms with Crippen LogP contribution in [0, 0.1) is 5.92 Å². The maximum atomic E-state index is 12.0. The molecule has 1 aliphatic rings. The molecule has 0 unspecified atom stereocenters. The summed E-state index contributed by atoms with van der Waals surface area (Å²) in [6, 6.07) is 0. The van der Waals surface area contributed by atoms with Crippen LogP contribution >= 0.6 is 0 Å². The molecule has 0 radical (unpaired) electrons. The van der Waals surface area contributed by atoms with E-state index in [1.54, 1.807) is 0 Å². The second-order valence-electron chi connectivity index (χ2n) is 4.82. The van der Waals surface area contributed by atoms with Gasteiger partial charge in [-0.3, -0.25) is 14.8 Å². The molecule has 0 aliphatic carbocycles. The van der Waals surface area contributed by atoms with Gasteiger partial charge in [-0.15, -0.1) is 0 Å². The van der Waals surface area contributed by atoms with Gasteiger partial charge in [0.25, 0.3) is 5.91 Å². The van der Waals surface area contributed by atoms with Crippen LogP contribution in [0.25, 0.3) is 0 Å². The average molecular weight is 237 g/mol. The van der Waals surface area contributed by atoms with Gasteiger partial charge >= 0.3 is 0 Å². The number of H-pyrrole nitrogens is 1. The van der Waals surface area contributed by atoms with Crippen LogP contribution in [0.3, 0.4) is 0 Å². The topological polar surface area (TPSA) is 65.1 Å². The zero-order valence-corrected chi connectivity index (χ0v) is 10.4. The van der Waals surface area contributed by atoms with E-state index in [9.17, 15) is 4.79 Å². The minimum atomic E-state index is -0.0494. The lowest BCUT2D eigenvalue weighted by Crippen LogP contribution is -2.49. The first-order chi connectivity index (χ1) is 8.16. The maximum absolute atomic E-state index is 12.0. The van der Waals surface area contributed by atoms with E-state index in [-0.39, 0.29) is 5.91 Å². The van der Waals surface area contributed by atoms with Gasteiger partial charge in [-0.1, -0.05) is 13.8 Å². The molecule has 0 aromatic carbocycles. The monoisotopic (exact) mass is 237 g/mol. The quantitative estimate of drug-likeness (QED) is 0.816. The first kappa shape index (κ1) is 12.0. The molecule has 2 rings (SSSR count). The number of hydrogen-bond donors (Lipinski definition) is 1. The van der Waals surface area contributed by atoms with Crippen LogP contribution in [0.15, 0.2) is 6.33 Å². The van der Waals surface area contributed by atoms with Crippen molar-refractivity contribution in [3.05, 3.63) is 12.2 Å². The number of hydrogen-bond acceptors (Lipinski definition) is 4. The van der Waals surface area contributed by atoms with E-state index in [4.69, 9.17) is 0 Å². The molecule has 0 spiro atoms. The number of nitrogens with one attached hydrogen (secondary N) is 1. The van der Waals surface area contributed by atoms with E-state index in [0.29, 0.717) is 11.7 Å². The highest BCUT2D eigenvalue weighted by Gasteiger charge is 2.23. The molecular weight excluding hydrogens is 218 g/mol. The van der Waals surface area contributed by atoms with Crippen LogP contribution in [0.4, 0.5) is 0 Å². The summed E-state index contributed by atoms with van der Waals surface area (Å²) < 4.78 is 0. The van der Waals surface area contributed by atoms with Crippen LogP contribution in [-0.2, 0) is 0 Å². The molecule has 17 heavy (non-hydrogen) atoms. The Morgan fingerprint density at radius 1 is 1.41 bits per heavy atom. The first-order valence-corrected chi connectivity index (χ1v) is 6.04. The van der Waals surface area contributed by atoms with E-state index in [1.807, 2.05) is 4.90 Å². The fourth-order valence-corrected chi connectivity index (χ4v) is 2.11. The Kier molecular flexibility index (Phi) is 3.73. The zero-order chi connectivity index (χ0) is 12.3. The molecule has 94 valence electrons. The number of carbonyl (C=O) groups excluding carboxylic acids is 1. The maximum Gasteiger partial charge on any atom is 0.291 e. The Bertz CT molecular complexity index is 354. The van der Waals surface area contributed by atoms with Gasteiger partial charge in [-0.2, -0.15) is 5.10 Å². The summed E-state index contributed by atoms with van der Waals surface area (Å²) in [5, 5.41) is 6.31. The zero-order valence-electron chi connectivity index (χ0n) is 10.4. The van der Waals surface area contributed by atoms with Gasteiger partial charge in [0.15, 0.2) is 0 Å². The van der Waals surface area contributed by atoms with Crippen LogP contribution in [0.5, 0.6) is 0 Å². The predicted molar refractivity (Wildman–Crippen MR) is 63.6 cm³/mol. The molecule has 1 aromatic heterocycles. The summed E-state index contributed by atoms with van der Waals surface area (Å²) in [7, 11) is 0. The van der Waals surface area contributed by atoms with Crippen LogP contribution in [-0.4, -0.2) is 63.6 Å². The molecule has 0 saturated carbocycles. The Labute approximate surface area is 101 Å². The highest BCUT2D eigenvalue weighted by atomic mass is 16.2. The Morgan fingerprint density at radius 2 is 2.12 bits per heavy atom. The van der Waals surface area contributed by atoms with Crippen LogP contribution < -0.4 is 0 Å². The van der Waals surface area contributed by atoms with Crippen molar-refractivity contribution in [1.29, 1.82) is 0 Å². The normalized spacial score (nSPS) is 17.7. The average Bonchev–Trinajstić information content (AvgIpc) is 2.82. The molecule has 1 aromatic rings. The minimum absolute atomic E-state index is 0.0494. The van der Waals surface area contributed by atoms with Crippen LogP contribution in [0.2, 0.25) is 0 Å². The summed E-state index contributed by atoms with van der Waals surface area (Å²) in [4.78, 5) is 20.1. The Balaban J connectivity index is 1.85. The number of aromatic nitrogens is 3. The summed E-state index contributed by atoms with van der Waals surface area (Å²) in [5.41, 5.74) is 0. The van der Waals surface area contributed by atoms with E-state index in [1.165, 1.54) is 6.33 Å². The second kappa shape index (κ2) is 5.27. The van der Waals surface area contributed by atoms with Crippen molar-refractivity contribution in [3.8, 4) is 0 Å². The smallest absolute Gasteiger partial charge is 0.291 e. The Morgan fingerprint density at radius 3 is 2.65 bits per heavy atom. The molecular formula is C11H19N5O. The fraction of sp³-hybridized carbons (Fsp3) is 0.727. The Hall–Kier alpha value is -1.43. The standard InChI is InChI=1S/C11H19N5O/c1-9(2)7-15-3-5-16(6-4-15)11(17)10-12-8-13-14-10/h8-9H,3-7H2,1-2H3,(H,12,13,14). The van der Waals surface area contributed by atoms with Crippen molar-refractivity contribution in [3.63, 3.8) is 0 Å². The molecule has 1 N–H and O–H groups in total. The highest BCUT2D eigenvalue weighted by molar-refractivity contribution is 5.90. The van der Waals surface area contributed by atoms with Crippen molar-refractivity contribution < 1.29 is 4.79 Å². The molecule has 1 saturated heterocycles. The van der Waals surface area contributed by atoms with Crippen molar-refractivity contribution in [2.75, 3.05) is 32.7 Å². The summed E-state index contributed by atoms with van der Waals surface area (Å²) in [6.07, 6.45) is 1.36. The van der Waals surface area contributed by atoms with E-state index >= 15 is 0 Å². The predicted octanol–water partition coefficient (Wildman–Crippen LogP) is 0.218. The van der Waals surface area contributed by atoms with E-state index < -0.39 is 0 Å². The molecule has 1 fully saturated rings. The molecule has 1 aliphatic heterocycles. The molecule has 2 heterocycles. The van der Waals surface area contributed by atoms with Crippen molar-refractivity contribution >= 4 is 5.91 Å². The lowest BCUT2D eigenvalue weighted by molar-refractivity contribution is 0.0612. The van der Waals surface area contributed by atoms with E-state index in [0.717, 1.165) is 32.7 Å². The largest absolute Gasteiger partial charge is 0.333 e. The van der Waals surface area contributed by atoms with Gasteiger partial charge in [0.2, 0.25) is 5.82 Å². The van der Waals surface area contributed by atoms with Gasteiger partial charge in [-0.25, -0.2) is 4.98 Å².